The number of anilines is 1. The van der Waals surface area contributed by atoms with Crippen molar-refractivity contribution in [2.45, 2.75) is 6.54 Å². The number of piperazine rings is 1. The van der Waals surface area contributed by atoms with Gasteiger partial charge in [-0.25, -0.2) is 9.97 Å². The van der Waals surface area contributed by atoms with E-state index in [4.69, 9.17) is 5.73 Å². The van der Waals surface area contributed by atoms with Crippen LogP contribution in [0.25, 0.3) is 0 Å². The molecular formula is C14H20N8. The van der Waals surface area contributed by atoms with Gasteiger partial charge in [-0.1, -0.05) is 0 Å². The number of aromatic nitrogens is 4. The summed E-state index contributed by atoms with van der Waals surface area (Å²) in [4.78, 5) is 17.2. The maximum atomic E-state index is 6.07. The van der Waals surface area contributed by atoms with E-state index in [1.165, 1.54) is 0 Å². The Morgan fingerprint density at radius 1 is 1.09 bits per heavy atom. The van der Waals surface area contributed by atoms with Crippen LogP contribution in [0.1, 0.15) is 0 Å². The van der Waals surface area contributed by atoms with Gasteiger partial charge in [0.2, 0.25) is 5.95 Å². The van der Waals surface area contributed by atoms with Gasteiger partial charge in [-0.15, -0.1) is 0 Å². The minimum absolute atomic E-state index is 0.598. The molecule has 0 amide bonds. The summed E-state index contributed by atoms with van der Waals surface area (Å²) in [6.45, 7) is 4.73. The summed E-state index contributed by atoms with van der Waals surface area (Å²) in [5.41, 5.74) is 6.07. The third-order valence-corrected chi connectivity index (χ3v) is 3.60. The van der Waals surface area contributed by atoms with Crippen LogP contribution < -0.4 is 10.6 Å². The first-order valence-corrected chi connectivity index (χ1v) is 7.37. The molecule has 0 atom stereocenters. The number of rotatable bonds is 4. The first-order valence-electron chi connectivity index (χ1n) is 7.37. The fourth-order valence-electron chi connectivity index (χ4n) is 2.39. The Hall–Kier alpha value is -2.64. The molecule has 0 aromatic carbocycles. The fraction of sp³-hybridized carbons (Fsp3) is 0.429. The lowest BCUT2D eigenvalue weighted by atomic mass is 10.3. The van der Waals surface area contributed by atoms with E-state index in [1.807, 2.05) is 23.0 Å². The lowest BCUT2D eigenvalue weighted by Crippen LogP contribution is -2.51. The average Bonchev–Trinajstić information content (AvgIpc) is 3.09. The van der Waals surface area contributed by atoms with E-state index in [9.17, 15) is 0 Å². The molecule has 2 aromatic heterocycles. The second kappa shape index (κ2) is 6.88. The molecule has 8 nitrogen and oxygen atoms in total. The highest BCUT2D eigenvalue weighted by Gasteiger charge is 2.19. The SMILES string of the molecule is NC(=NCCn1cccn1)N1CCN(c2ncccn2)CC1. The highest BCUT2D eigenvalue weighted by molar-refractivity contribution is 5.78. The lowest BCUT2D eigenvalue weighted by molar-refractivity contribution is 0.377. The summed E-state index contributed by atoms with van der Waals surface area (Å²) in [5.74, 6) is 1.37. The molecule has 1 saturated heterocycles. The van der Waals surface area contributed by atoms with E-state index < -0.39 is 0 Å². The minimum Gasteiger partial charge on any atom is -0.370 e. The molecule has 0 spiro atoms. The quantitative estimate of drug-likeness (QED) is 0.622. The molecule has 0 saturated carbocycles. The van der Waals surface area contributed by atoms with Crippen LogP contribution in [0.5, 0.6) is 0 Å². The van der Waals surface area contributed by atoms with Gasteiger partial charge in [-0.3, -0.25) is 9.67 Å². The maximum Gasteiger partial charge on any atom is 0.225 e. The first kappa shape index (κ1) is 14.3. The Balaban J connectivity index is 1.48. The van der Waals surface area contributed by atoms with Crippen molar-refractivity contribution in [3.05, 3.63) is 36.9 Å². The van der Waals surface area contributed by atoms with Crippen LogP contribution in [-0.2, 0) is 6.54 Å². The second-order valence-electron chi connectivity index (χ2n) is 5.03. The summed E-state index contributed by atoms with van der Waals surface area (Å²) in [6, 6.07) is 3.72. The highest BCUT2D eigenvalue weighted by atomic mass is 15.4. The summed E-state index contributed by atoms with van der Waals surface area (Å²) < 4.78 is 1.85. The smallest absolute Gasteiger partial charge is 0.225 e. The summed E-state index contributed by atoms with van der Waals surface area (Å²) >= 11 is 0. The van der Waals surface area contributed by atoms with Gasteiger partial charge in [0.05, 0.1) is 13.1 Å². The number of hydrogen-bond acceptors (Lipinski definition) is 5. The second-order valence-corrected chi connectivity index (χ2v) is 5.03. The van der Waals surface area contributed by atoms with E-state index in [0.29, 0.717) is 12.5 Å². The molecule has 1 aliphatic heterocycles. The predicted octanol–water partition coefficient (Wildman–Crippen LogP) is -0.190. The fourth-order valence-corrected chi connectivity index (χ4v) is 2.39. The van der Waals surface area contributed by atoms with Crippen molar-refractivity contribution in [2.24, 2.45) is 10.7 Å². The Labute approximate surface area is 129 Å². The topological polar surface area (TPSA) is 88.5 Å². The molecule has 116 valence electrons. The monoisotopic (exact) mass is 300 g/mol. The summed E-state index contributed by atoms with van der Waals surface area (Å²) in [6.07, 6.45) is 7.21. The van der Waals surface area contributed by atoms with Crippen LogP contribution in [0.15, 0.2) is 41.9 Å². The summed E-state index contributed by atoms with van der Waals surface area (Å²) in [5, 5.41) is 4.14. The van der Waals surface area contributed by atoms with E-state index in [-0.39, 0.29) is 0 Å². The van der Waals surface area contributed by atoms with Crippen LogP contribution in [0, 0.1) is 0 Å². The molecular weight excluding hydrogens is 280 g/mol. The number of hydrogen-bond donors (Lipinski definition) is 1. The van der Waals surface area contributed by atoms with Crippen molar-refractivity contribution in [3.63, 3.8) is 0 Å². The van der Waals surface area contributed by atoms with Gasteiger partial charge in [-0.2, -0.15) is 5.10 Å². The summed E-state index contributed by atoms with van der Waals surface area (Å²) in [7, 11) is 0. The van der Waals surface area contributed by atoms with Crippen molar-refractivity contribution in [3.8, 4) is 0 Å². The van der Waals surface area contributed by atoms with Gasteiger partial charge < -0.3 is 15.5 Å². The number of nitrogens with two attached hydrogens (primary N) is 1. The van der Waals surface area contributed by atoms with Crippen molar-refractivity contribution in [2.75, 3.05) is 37.6 Å². The zero-order valence-electron chi connectivity index (χ0n) is 12.4. The molecule has 0 bridgehead atoms. The maximum absolute atomic E-state index is 6.07. The Bertz CT molecular complexity index is 587. The Morgan fingerprint density at radius 2 is 1.86 bits per heavy atom. The normalized spacial score (nSPS) is 16.1. The zero-order valence-corrected chi connectivity index (χ0v) is 12.4. The number of nitrogens with zero attached hydrogens (tertiary/aromatic N) is 7. The van der Waals surface area contributed by atoms with Gasteiger partial charge >= 0.3 is 0 Å². The molecule has 0 radical (unpaired) electrons. The average molecular weight is 300 g/mol. The van der Waals surface area contributed by atoms with E-state index in [1.54, 1.807) is 18.6 Å². The molecule has 1 fully saturated rings. The van der Waals surface area contributed by atoms with Crippen LogP contribution in [0.3, 0.4) is 0 Å². The zero-order chi connectivity index (χ0) is 15.2. The molecule has 22 heavy (non-hydrogen) atoms. The minimum atomic E-state index is 0.598. The van der Waals surface area contributed by atoms with Gasteiger partial charge in [0.1, 0.15) is 0 Å². The predicted molar refractivity (Wildman–Crippen MR) is 84.5 cm³/mol. The molecule has 0 unspecified atom stereocenters. The molecule has 0 aliphatic carbocycles. The molecule has 3 rings (SSSR count). The molecule has 1 aliphatic rings. The third-order valence-electron chi connectivity index (χ3n) is 3.60. The lowest BCUT2D eigenvalue weighted by Gasteiger charge is -2.35. The molecule has 2 N–H and O–H groups in total. The highest BCUT2D eigenvalue weighted by Crippen LogP contribution is 2.09. The van der Waals surface area contributed by atoms with Gasteiger partial charge in [0, 0.05) is 51.0 Å². The largest absolute Gasteiger partial charge is 0.370 e. The van der Waals surface area contributed by atoms with E-state index in [2.05, 4.69) is 29.9 Å². The van der Waals surface area contributed by atoms with Crippen LogP contribution in [0.4, 0.5) is 5.95 Å². The van der Waals surface area contributed by atoms with Crippen molar-refractivity contribution < 1.29 is 0 Å². The van der Waals surface area contributed by atoms with Gasteiger partial charge in [-0.05, 0) is 12.1 Å². The number of guanidine groups is 1. The Morgan fingerprint density at radius 3 is 2.55 bits per heavy atom. The molecule has 8 heteroatoms. The first-order chi connectivity index (χ1) is 10.8. The van der Waals surface area contributed by atoms with Gasteiger partial charge in [0.15, 0.2) is 5.96 Å². The van der Waals surface area contributed by atoms with Crippen LogP contribution in [0.2, 0.25) is 0 Å². The van der Waals surface area contributed by atoms with E-state index >= 15 is 0 Å². The Kier molecular flexibility index (Phi) is 4.47. The molecule has 2 aromatic rings. The van der Waals surface area contributed by atoms with Crippen molar-refractivity contribution >= 4 is 11.9 Å². The standard InChI is InChI=1S/C14H20N8/c15-13(16-6-8-22-7-2-5-19-22)20-9-11-21(12-10-20)14-17-3-1-4-18-14/h1-5,7H,6,8-12H2,(H2,15,16). The van der Waals surface area contributed by atoms with Gasteiger partial charge in [0.25, 0.3) is 0 Å². The van der Waals surface area contributed by atoms with E-state index in [0.717, 1.165) is 38.7 Å². The van der Waals surface area contributed by atoms with Crippen molar-refractivity contribution in [1.82, 2.24) is 24.6 Å². The number of aliphatic imine (C=N–C) groups is 1. The van der Waals surface area contributed by atoms with Crippen LogP contribution in [-0.4, -0.2) is 63.3 Å². The van der Waals surface area contributed by atoms with Crippen molar-refractivity contribution in [1.29, 1.82) is 0 Å². The van der Waals surface area contributed by atoms with Crippen LogP contribution >= 0.6 is 0 Å². The third kappa shape index (κ3) is 3.51. The molecule has 3 heterocycles.